The zero-order valence-electron chi connectivity index (χ0n) is 11.4. The molecule has 0 aromatic rings. The van der Waals surface area contributed by atoms with Crippen molar-refractivity contribution in [2.75, 3.05) is 32.1 Å². The molecule has 0 bridgehead atoms. The van der Waals surface area contributed by atoms with Gasteiger partial charge >= 0.3 is 0 Å². The van der Waals surface area contributed by atoms with Gasteiger partial charge in [-0.15, -0.1) is 0 Å². The van der Waals surface area contributed by atoms with E-state index >= 15 is 0 Å². The van der Waals surface area contributed by atoms with Crippen LogP contribution in [-0.2, 0) is 19.5 Å². The molecule has 2 fully saturated rings. The topological polar surface area (TPSA) is 55.8 Å². The van der Waals surface area contributed by atoms with Gasteiger partial charge in [0.1, 0.15) is 0 Å². The second-order valence-electron chi connectivity index (χ2n) is 6.36. The molecule has 0 N–H and O–H groups in total. The minimum Gasteiger partial charge on any atom is -0.346 e. The van der Waals surface area contributed by atoms with E-state index in [1.807, 2.05) is 20.8 Å². The lowest BCUT2D eigenvalue weighted by atomic mass is 10.0. The van der Waals surface area contributed by atoms with Crippen molar-refractivity contribution < 1.29 is 17.9 Å². The van der Waals surface area contributed by atoms with Crippen LogP contribution in [0.4, 0.5) is 0 Å². The van der Waals surface area contributed by atoms with Crippen molar-refractivity contribution in [2.45, 2.75) is 39.4 Å². The van der Waals surface area contributed by atoms with E-state index in [1.54, 1.807) is 0 Å². The van der Waals surface area contributed by atoms with Gasteiger partial charge < -0.3 is 9.47 Å². The molecule has 2 saturated heterocycles. The van der Waals surface area contributed by atoms with Gasteiger partial charge in [0.05, 0.1) is 25.5 Å². The molecule has 2 aliphatic rings. The first-order chi connectivity index (χ1) is 8.23. The van der Waals surface area contributed by atoms with Gasteiger partial charge in [0.25, 0.3) is 0 Å². The summed E-state index contributed by atoms with van der Waals surface area (Å²) in [6, 6.07) is 0. The molecule has 0 radical (unpaired) electrons. The molecular weight excluding hydrogens is 254 g/mol. The van der Waals surface area contributed by atoms with E-state index in [2.05, 4.69) is 0 Å². The first-order valence-electron chi connectivity index (χ1n) is 6.48. The van der Waals surface area contributed by atoms with E-state index < -0.39 is 15.8 Å². The molecule has 0 atom stereocenters. The quantitative estimate of drug-likeness (QED) is 0.761. The molecule has 2 aliphatic heterocycles. The molecule has 0 amide bonds. The number of hydrogen-bond acceptors (Lipinski definition) is 4. The van der Waals surface area contributed by atoms with Gasteiger partial charge in [-0.3, -0.25) is 0 Å². The number of nitrogens with zero attached hydrogens (tertiary/aromatic N) is 1. The van der Waals surface area contributed by atoms with Crippen LogP contribution in [0.3, 0.4) is 0 Å². The number of rotatable bonds is 2. The maximum absolute atomic E-state index is 12.4. The molecule has 0 aliphatic carbocycles. The normalized spacial score (nSPS) is 25.7. The van der Waals surface area contributed by atoms with Crippen molar-refractivity contribution in [1.29, 1.82) is 0 Å². The van der Waals surface area contributed by atoms with Gasteiger partial charge in [0, 0.05) is 13.0 Å². The number of piperidine rings is 1. The van der Waals surface area contributed by atoms with Gasteiger partial charge in [-0.2, -0.15) is 4.31 Å². The van der Waals surface area contributed by atoms with Crippen LogP contribution < -0.4 is 0 Å². The third-order valence-corrected chi connectivity index (χ3v) is 5.53. The largest absolute Gasteiger partial charge is 0.346 e. The summed E-state index contributed by atoms with van der Waals surface area (Å²) in [6.07, 6.45) is 1.58. The highest BCUT2D eigenvalue weighted by Gasteiger charge is 2.44. The number of sulfonamides is 1. The highest BCUT2D eigenvalue weighted by atomic mass is 32.2. The molecule has 18 heavy (non-hydrogen) atoms. The molecule has 106 valence electrons. The Hall–Kier alpha value is -0.170. The van der Waals surface area contributed by atoms with Crippen LogP contribution in [-0.4, -0.2) is 50.6 Å². The fourth-order valence-corrected chi connectivity index (χ4v) is 4.64. The van der Waals surface area contributed by atoms with Crippen LogP contribution in [0.2, 0.25) is 0 Å². The lowest BCUT2D eigenvalue weighted by Gasteiger charge is -2.38. The second-order valence-corrected chi connectivity index (χ2v) is 8.33. The van der Waals surface area contributed by atoms with E-state index in [4.69, 9.17) is 9.47 Å². The van der Waals surface area contributed by atoms with Crippen LogP contribution in [0.5, 0.6) is 0 Å². The third kappa shape index (κ3) is 3.23. The van der Waals surface area contributed by atoms with Crippen LogP contribution >= 0.6 is 0 Å². The van der Waals surface area contributed by atoms with Crippen molar-refractivity contribution in [2.24, 2.45) is 5.41 Å². The first kappa shape index (κ1) is 14.2. The fraction of sp³-hybridized carbons (Fsp3) is 1.00. The average Bonchev–Trinajstić information content (AvgIpc) is 2.63. The molecule has 6 heteroatoms. The molecule has 1 spiro atoms. The molecular formula is C12H23NO4S. The minimum absolute atomic E-state index is 0.163. The van der Waals surface area contributed by atoms with Crippen molar-refractivity contribution in [3.05, 3.63) is 0 Å². The summed E-state index contributed by atoms with van der Waals surface area (Å²) in [4.78, 5) is 0. The van der Waals surface area contributed by atoms with Gasteiger partial charge in [0.2, 0.25) is 10.0 Å². The fourth-order valence-electron chi connectivity index (χ4n) is 2.56. The predicted octanol–water partition coefficient (Wildman–Crippen LogP) is 1.20. The summed E-state index contributed by atoms with van der Waals surface area (Å²) >= 11 is 0. The standard InChI is InChI=1S/C12H23NO4S/c1-11(2,3)10-18(14,15)13-6-4-5-12(9-13)16-7-8-17-12/h4-10H2,1-3H3. The summed E-state index contributed by atoms with van der Waals surface area (Å²) < 4.78 is 37.5. The first-order valence-corrected chi connectivity index (χ1v) is 8.09. The molecule has 2 rings (SSSR count). The Morgan fingerprint density at radius 3 is 2.39 bits per heavy atom. The highest BCUT2D eigenvalue weighted by Crippen LogP contribution is 2.32. The van der Waals surface area contributed by atoms with Gasteiger partial charge in [-0.25, -0.2) is 8.42 Å². The Morgan fingerprint density at radius 2 is 1.83 bits per heavy atom. The minimum atomic E-state index is -3.23. The summed E-state index contributed by atoms with van der Waals surface area (Å²) in [7, 11) is -3.23. The SMILES string of the molecule is CC(C)(C)CS(=O)(=O)N1CCCC2(C1)OCCO2. The summed E-state index contributed by atoms with van der Waals surface area (Å²) in [5.41, 5.74) is -0.235. The van der Waals surface area contributed by atoms with Crippen LogP contribution in [0.1, 0.15) is 33.6 Å². The van der Waals surface area contributed by atoms with E-state index in [9.17, 15) is 8.42 Å². The lowest BCUT2D eigenvalue weighted by molar-refractivity contribution is -0.179. The zero-order chi connectivity index (χ0) is 13.4. The summed E-state index contributed by atoms with van der Waals surface area (Å²) in [5, 5.41) is 0. The van der Waals surface area contributed by atoms with Crippen molar-refractivity contribution in [3.63, 3.8) is 0 Å². The smallest absolute Gasteiger partial charge is 0.214 e. The third-order valence-electron chi connectivity index (χ3n) is 3.20. The zero-order valence-corrected chi connectivity index (χ0v) is 12.3. The molecule has 0 saturated carbocycles. The van der Waals surface area contributed by atoms with Crippen molar-refractivity contribution in [3.8, 4) is 0 Å². The second kappa shape index (κ2) is 4.74. The van der Waals surface area contributed by atoms with E-state index in [1.165, 1.54) is 4.31 Å². The monoisotopic (exact) mass is 277 g/mol. The molecule has 5 nitrogen and oxygen atoms in total. The van der Waals surface area contributed by atoms with Gasteiger partial charge in [-0.1, -0.05) is 20.8 Å². The Morgan fingerprint density at radius 1 is 1.22 bits per heavy atom. The van der Waals surface area contributed by atoms with Crippen LogP contribution in [0.15, 0.2) is 0 Å². The molecule has 0 aromatic carbocycles. The lowest BCUT2D eigenvalue weighted by Crippen LogP contribution is -2.52. The van der Waals surface area contributed by atoms with E-state index in [-0.39, 0.29) is 11.2 Å². The maximum Gasteiger partial charge on any atom is 0.214 e. The molecule has 2 heterocycles. The Bertz CT molecular complexity index is 393. The van der Waals surface area contributed by atoms with E-state index in [0.717, 1.165) is 12.8 Å². The van der Waals surface area contributed by atoms with Gasteiger partial charge in [0.15, 0.2) is 5.79 Å². The van der Waals surface area contributed by atoms with Crippen molar-refractivity contribution in [1.82, 2.24) is 4.31 Å². The summed E-state index contributed by atoms with van der Waals surface area (Å²) in [5.74, 6) is -0.515. The Kier molecular flexibility index (Phi) is 3.75. The van der Waals surface area contributed by atoms with Crippen molar-refractivity contribution >= 4 is 10.0 Å². The average molecular weight is 277 g/mol. The van der Waals surface area contributed by atoms with Crippen LogP contribution in [0, 0.1) is 5.41 Å². The molecule has 0 aromatic heterocycles. The summed E-state index contributed by atoms with van der Waals surface area (Å²) in [6.45, 7) is 7.85. The predicted molar refractivity (Wildman–Crippen MR) is 68.7 cm³/mol. The Labute approximate surface area is 109 Å². The number of ether oxygens (including phenoxy) is 2. The number of hydrogen-bond donors (Lipinski definition) is 0. The Balaban J connectivity index is 2.09. The van der Waals surface area contributed by atoms with Gasteiger partial charge in [-0.05, 0) is 11.8 Å². The maximum atomic E-state index is 12.4. The molecule has 0 unspecified atom stereocenters. The highest BCUT2D eigenvalue weighted by molar-refractivity contribution is 7.89. The van der Waals surface area contributed by atoms with E-state index in [0.29, 0.717) is 26.3 Å². The van der Waals surface area contributed by atoms with Crippen LogP contribution in [0.25, 0.3) is 0 Å².